The molecule has 56 valence electrons. The first-order valence-electron chi connectivity index (χ1n) is 3.06. The van der Waals surface area contributed by atoms with Gasteiger partial charge in [0.25, 0.3) is 0 Å². The van der Waals surface area contributed by atoms with Crippen LogP contribution in [0.5, 0.6) is 0 Å². The Hall–Kier alpha value is 0.0400. The third-order valence-electron chi connectivity index (χ3n) is 1.14. The minimum Gasteiger partial charge on any atom is -0.260 e. The second-order valence-corrected chi connectivity index (χ2v) is 3.91. The maximum Gasteiger partial charge on any atom is 0.117 e. The number of thioether (sulfide) groups is 1. The van der Waals surface area contributed by atoms with Crippen LogP contribution in [0.25, 0.3) is 0 Å². The van der Waals surface area contributed by atoms with E-state index >= 15 is 0 Å². The molecule has 0 aromatic carbocycles. The lowest BCUT2D eigenvalue weighted by Gasteiger charge is -1.93. The van der Waals surface area contributed by atoms with Crippen LogP contribution in [0.1, 0.15) is 6.92 Å². The average Bonchev–Trinajstić information content (AvgIpc) is 2.20. The predicted octanol–water partition coefficient (Wildman–Crippen LogP) is 2.29. The molecule has 0 aliphatic rings. The lowest BCUT2D eigenvalue weighted by atomic mass is 10.7. The van der Waals surface area contributed by atoms with Gasteiger partial charge in [0.05, 0.1) is 11.1 Å². The summed E-state index contributed by atoms with van der Waals surface area (Å²) in [6, 6.07) is 0. The van der Waals surface area contributed by atoms with Crippen molar-refractivity contribution in [2.75, 3.05) is 5.75 Å². The van der Waals surface area contributed by atoms with Crippen LogP contribution in [-0.4, -0.2) is 15.5 Å². The molecule has 1 aromatic heterocycles. The van der Waals surface area contributed by atoms with Crippen molar-refractivity contribution in [3.05, 3.63) is 10.8 Å². The lowest BCUT2D eigenvalue weighted by molar-refractivity contribution is 0.747. The number of rotatable bonds is 2. The molecule has 0 amide bonds. The number of halogens is 1. The molecule has 0 aliphatic carbocycles. The van der Waals surface area contributed by atoms with E-state index in [4.69, 9.17) is 0 Å². The maximum absolute atomic E-state index is 4.08. The summed E-state index contributed by atoms with van der Waals surface area (Å²) in [6.07, 6.45) is 1.87. The van der Waals surface area contributed by atoms with Crippen molar-refractivity contribution in [3.8, 4) is 0 Å². The number of aryl methyl sites for hydroxylation is 1. The van der Waals surface area contributed by atoms with Gasteiger partial charge in [-0.2, -0.15) is 5.10 Å². The third-order valence-corrected chi connectivity index (χ3v) is 3.24. The third kappa shape index (κ3) is 1.55. The largest absolute Gasteiger partial charge is 0.260 e. The topological polar surface area (TPSA) is 17.8 Å². The average molecular weight is 221 g/mol. The van der Waals surface area contributed by atoms with Crippen LogP contribution in [0.3, 0.4) is 0 Å². The van der Waals surface area contributed by atoms with Crippen molar-refractivity contribution in [2.24, 2.45) is 7.05 Å². The second-order valence-electron chi connectivity index (χ2n) is 1.86. The van der Waals surface area contributed by atoms with Gasteiger partial charge >= 0.3 is 0 Å². The first-order valence-corrected chi connectivity index (χ1v) is 4.84. The van der Waals surface area contributed by atoms with E-state index in [1.54, 1.807) is 11.8 Å². The summed E-state index contributed by atoms with van der Waals surface area (Å²) < 4.78 is 2.89. The van der Waals surface area contributed by atoms with E-state index in [9.17, 15) is 0 Å². The smallest absolute Gasteiger partial charge is 0.117 e. The van der Waals surface area contributed by atoms with Gasteiger partial charge < -0.3 is 0 Å². The molecule has 2 nitrogen and oxygen atoms in total. The van der Waals surface area contributed by atoms with Crippen LogP contribution in [0.15, 0.2) is 15.7 Å². The molecule has 0 bridgehead atoms. The van der Waals surface area contributed by atoms with Gasteiger partial charge in [-0.15, -0.1) is 11.8 Å². The van der Waals surface area contributed by atoms with E-state index in [1.807, 2.05) is 17.9 Å². The van der Waals surface area contributed by atoms with E-state index in [2.05, 4.69) is 28.0 Å². The Kier molecular flexibility index (Phi) is 2.80. The number of hydrogen-bond donors (Lipinski definition) is 0. The van der Waals surface area contributed by atoms with E-state index < -0.39 is 0 Å². The van der Waals surface area contributed by atoms with E-state index in [0.29, 0.717) is 0 Å². The highest BCUT2D eigenvalue weighted by Crippen LogP contribution is 2.25. The van der Waals surface area contributed by atoms with Gasteiger partial charge in [-0.1, -0.05) is 6.92 Å². The van der Waals surface area contributed by atoms with Crippen LogP contribution in [0.2, 0.25) is 0 Å². The molecule has 0 radical (unpaired) electrons. The lowest BCUT2D eigenvalue weighted by Crippen LogP contribution is -1.88. The van der Waals surface area contributed by atoms with Crippen molar-refractivity contribution in [1.82, 2.24) is 9.78 Å². The zero-order valence-corrected chi connectivity index (χ0v) is 8.37. The zero-order valence-electron chi connectivity index (χ0n) is 5.97. The molecule has 0 unspecified atom stereocenters. The number of nitrogens with zero attached hydrogens (tertiary/aromatic N) is 2. The second kappa shape index (κ2) is 3.44. The van der Waals surface area contributed by atoms with Crippen LogP contribution < -0.4 is 0 Å². The van der Waals surface area contributed by atoms with Crippen molar-refractivity contribution in [2.45, 2.75) is 11.8 Å². The molecule has 1 heterocycles. The number of aromatic nitrogens is 2. The maximum atomic E-state index is 4.08. The van der Waals surface area contributed by atoms with Gasteiger partial charge in [0.15, 0.2) is 0 Å². The molecule has 0 saturated carbocycles. The monoisotopic (exact) mass is 220 g/mol. The molecule has 0 spiro atoms. The molecule has 0 atom stereocenters. The van der Waals surface area contributed by atoms with Gasteiger partial charge in [0.2, 0.25) is 0 Å². The summed E-state index contributed by atoms with van der Waals surface area (Å²) in [5.41, 5.74) is 0. The van der Waals surface area contributed by atoms with E-state index in [1.165, 1.54) is 4.90 Å². The van der Waals surface area contributed by atoms with Crippen LogP contribution in [0, 0.1) is 0 Å². The highest BCUT2D eigenvalue weighted by Gasteiger charge is 2.02. The Balaban J connectivity index is 2.83. The van der Waals surface area contributed by atoms with Gasteiger partial charge in [0, 0.05) is 7.05 Å². The minimum absolute atomic E-state index is 1.07. The molecule has 0 N–H and O–H groups in total. The SMILES string of the molecule is CCSc1cnn(C)c1Br. The number of hydrogen-bond acceptors (Lipinski definition) is 2. The summed E-state index contributed by atoms with van der Waals surface area (Å²) in [5.74, 6) is 1.09. The Morgan fingerprint density at radius 2 is 2.50 bits per heavy atom. The Morgan fingerprint density at radius 3 is 2.90 bits per heavy atom. The first kappa shape index (κ1) is 8.14. The normalized spacial score (nSPS) is 10.3. The first-order chi connectivity index (χ1) is 4.75. The van der Waals surface area contributed by atoms with Crippen LogP contribution >= 0.6 is 27.7 Å². The molecule has 10 heavy (non-hydrogen) atoms. The Labute approximate surface area is 73.1 Å². The molecular formula is C6H9BrN2S. The molecule has 0 aliphatic heterocycles. The van der Waals surface area contributed by atoms with Crippen LogP contribution in [-0.2, 0) is 7.05 Å². The predicted molar refractivity (Wildman–Crippen MR) is 47.3 cm³/mol. The van der Waals surface area contributed by atoms with Crippen molar-refractivity contribution < 1.29 is 0 Å². The fraction of sp³-hybridized carbons (Fsp3) is 0.500. The van der Waals surface area contributed by atoms with E-state index in [-0.39, 0.29) is 0 Å². The zero-order chi connectivity index (χ0) is 7.56. The molecule has 1 aromatic rings. The summed E-state index contributed by atoms with van der Waals surface area (Å²) >= 11 is 5.22. The fourth-order valence-electron chi connectivity index (χ4n) is 0.655. The van der Waals surface area contributed by atoms with Crippen molar-refractivity contribution >= 4 is 27.7 Å². The van der Waals surface area contributed by atoms with Crippen molar-refractivity contribution in [1.29, 1.82) is 0 Å². The molecule has 0 fully saturated rings. The molecule has 1 rings (SSSR count). The molecular weight excluding hydrogens is 212 g/mol. The van der Waals surface area contributed by atoms with E-state index in [0.717, 1.165) is 10.4 Å². The summed E-state index contributed by atoms with van der Waals surface area (Å²) in [7, 11) is 1.92. The Morgan fingerprint density at radius 1 is 1.80 bits per heavy atom. The van der Waals surface area contributed by atoms with Crippen LogP contribution in [0.4, 0.5) is 0 Å². The minimum atomic E-state index is 1.07. The summed E-state index contributed by atoms with van der Waals surface area (Å²) in [6.45, 7) is 2.13. The molecule has 4 heteroatoms. The van der Waals surface area contributed by atoms with Gasteiger partial charge in [0.1, 0.15) is 4.60 Å². The highest BCUT2D eigenvalue weighted by atomic mass is 79.9. The van der Waals surface area contributed by atoms with Gasteiger partial charge in [-0.05, 0) is 21.7 Å². The summed E-state index contributed by atoms with van der Waals surface area (Å²) in [4.78, 5) is 1.21. The fourth-order valence-corrected chi connectivity index (χ4v) is 1.88. The van der Waals surface area contributed by atoms with Gasteiger partial charge in [-0.25, -0.2) is 0 Å². The standard InChI is InChI=1S/C6H9BrN2S/c1-3-10-5-4-8-9(2)6(5)7/h4H,3H2,1-2H3. The van der Waals surface area contributed by atoms with Gasteiger partial charge in [-0.3, -0.25) is 4.68 Å². The quantitative estimate of drug-likeness (QED) is 0.713. The summed E-state index contributed by atoms with van der Waals surface area (Å²) in [5, 5.41) is 4.08. The molecule has 0 saturated heterocycles. The highest BCUT2D eigenvalue weighted by molar-refractivity contribution is 9.10. The van der Waals surface area contributed by atoms with Crippen molar-refractivity contribution in [3.63, 3.8) is 0 Å². The Bertz CT molecular complexity index is 222.